The second-order valence-electron chi connectivity index (χ2n) is 7.84. The number of hydrogen-bond donors (Lipinski definition) is 5. The molecule has 1 aliphatic rings. The highest BCUT2D eigenvalue weighted by Gasteiger charge is 2.50. The number of aliphatic hydroxyl groups is 4. The second kappa shape index (κ2) is 9.90. The van der Waals surface area contributed by atoms with Gasteiger partial charge in [-0.05, 0) is 19.3 Å². The molecule has 1 saturated heterocycles. The molecular weight excluding hydrogens is 358 g/mol. The van der Waals surface area contributed by atoms with Gasteiger partial charge in [0.05, 0.1) is 24.4 Å². The number of carbonyl (C=O) groups excluding carboxylic acids is 2. The summed E-state index contributed by atoms with van der Waals surface area (Å²) in [6.07, 6.45) is -4.49. The van der Waals surface area contributed by atoms with Gasteiger partial charge >= 0.3 is 5.97 Å². The van der Waals surface area contributed by atoms with E-state index in [4.69, 9.17) is 15.2 Å². The van der Waals surface area contributed by atoms with Crippen LogP contribution in [0.5, 0.6) is 0 Å². The number of Topliss-reactive ketones (excluding diaryl/α,β-unsaturated/α-hetero) is 1. The summed E-state index contributed by atoms with van der Waals surface area (Å²) in [4.78, 5) is 23.5. The predicted octanol–water partition coefficient (Wildman–Crippen LogP) is -0.922. The van der Waals surface area contributed by atoms with E-state index < -0.39 is 53.9 Å². The minimum absolute atomic E-state index is 0.158. The number of nitrogens with two attached hydrogens (primary N) is 1. The van der Waals surface area contributed by atoms with Gasteiger partial charge in [0, 0.05) is 25.7 Å². The van der Waals surface area contributed by atoms with Crippen LogP contribution in [-0.2, 0) is 19.1 Å². The van der Waals surface area contributed by atoms with Crippen LogP contribution in [0.2, 0.25) is 0 Å². The lowest BCUT2D eigenvalue weighted by Gasteiger charge is -2.44. The fourth-order valence-corrected chi connectivity index (χ4v) is 3.33. The van der Waals surface area contributed by atoms with Crippen LogP contribution in [-0.4, -0.2) is 75.0 Å². The Balaban J connectivity index is 2.71. The molecule has 5 unspecified atom stereocenters. The number of carbonyl (C=O) groups is 2. The summed E-state index contributed by atoms with van der Waals surface area (Å²) in [5, 5.41) is 40.6. The van der Waals surface area contributed by atoms with Gasteiger partial charge in [-0.2, -0.15) is 0 Å². The van der Waals surface area contributed by atoms with E-state index in [1.165, 1.54) is 6.92 Å². The quantitative estimate of drug-likeness (QED) is 0.313. The third-order valence-corrected chi connectivity index (χ3v) is 4.76. The van der Waals surface area contributed by atoms with Crippen LogP contribution in [0.25, 0.3) is 0 Å². The van der Waals surface area contributed by atoms with Crippen molar-refractivity contribution in [1.29, 1.82) is 0 Å². The molecule has 0 radical (unpaired) electrons. The maximum absolute atomic E-state index is 11.8. The first-order chi connectivity index (χ1) is 12.4. The van der Waals surface area contributed by atoms with Crippen molar-refractivity contribution in [3.05, 3.63) is 0 Å². The van der Waals surface area contributed by atoms with Crippen LogP contribution in [0.3, 0.4) is 0 Å². The summed E-state index contributed by atoms with van der Waals surface area (Å²) < 4.78 is 10.4. The fourth-order valence-electron chi connectivity index (χ4n) is 3.33. The molecule has 0 aromatic carbocycles. The number of esters is 1. The van der Waals surface area contributed by atoms with Crippen LogP contribution in [0, 0.1) is 11.8 Å². The summed E-state index contributed by atoms with van der Waals surface area (Å²) in [7, 11) is 0. The molecule has 0 aromatic heterocycles. The van der Waals surface area contributed by atoms with Crippen LogP contribution >= 0.6 is 0 Å². The Kier molecular flexibility index (Phi) is 8.78. The average molecular weight is 391 g/mol. The zero-order valence-electron chi connectivity index (χ0n) is 16.4. The number of ether oxygens (including phenoxy) is 2. The fraction of sp³-hybridized carbons (Fsp3) is 0.889. The van der Waals surface area contributed by atoms with E-state index in [9.17, 15) is 30.0 Å². The average Bonchev–Trinajstić information content (AvgIpc) is 2.50. The van der Waals surface area contributed by atoms with E-state index in [2.05, 4.69) is 0 Å². The van der Waals surface area contributed by atoms with Crippen molar-refractivity contribution in [3.63, 3.8) is 0 Å². The van der Waals surface area contributed by atoms with E-state index in [1.807, 2.05) is 13.8 Å². The minimum atomic E-state index is -2.19. The molecule has 9 nitrogen and oxygen atoms in total. The van der Waals surface area contributed by atoms with Crippen molar-refractivity contribution in [3.8, 4) is 0 Å². The maximum Gasteiger partial charge on any atom is 0.323 e. The van der Waals surface area contributed by atoms with Gasteiger partial charge in [0.1, 0.15) is 12.6 Å². The smallest absolute Gasteiger partial charge is 0.323 e. The van der Waals surface area contributed by atoms with E-state index in [1.54, 1.807) is 0 Å². The van der Waals surface area contributed by atoms with E-state index >= 15 is 0 Å². The first kappa shape index (κ1) is 23.9. The second-order valence-corrected chi connectivity index (χ2v) is 7.84. The maximum atomic E-state index is 11.8. The van der Waals surface area contributed by atoms with Gasteiger partial charge in [-0.1, -0.05) is 13.8 Å². The molecule has 1 heterocycles. The first-order valence-corrected chi connectivity index (χ1v) is 9.25. The normalized spacial score (nSPS) is 32.0. The molecule has 1 aliphatic heterocycles. The zero-order valence-corrected chi connectivity index (χ0v) is 16.4. The van der Waals surface area contributed by atoms with Crippen LogP contribution in [0.1, 0.15) is 47.0 Å². The topological polar surface area (TPSA) is 160 Å². The Labute approximate surface area is 159 Å². The lowest BCUT2D eigenvalue weighted by atomic mass is 9.81. The predicted molar refractivity (Wildman–Crippen MR) is 95.3 cm³/mol. The molecular formula is C18H33NO8. The highest BCUT2D eigenvalue weighted by molar-refractivity contribution is 5.83. The molecule has 0 aromatic rings. The molecule has 9 heteroatoms. The SMILES string of the molecule is CC(=O)C1(O)CC(O)C(C(C)O)C(C[C@H](O)COC(=O)[C@@H](N)CC(C)C)O1. The monoisotopic (exact) mass is 391 g/mol. The lowest BCUT2D eigenvalue weighted by molar-refractivity contribution is -0.285. The largest absolute Gasteiger partial charge is 0.462 e. The van der Waals surface area contributed by atoms with Crippen LogP contribution in [0.4, 0.5) is 0 Å². The van der Waals surface area contributed by atoms with Crippen molar-refractivity contribution in [1.82, 2.24) is 0 Å². The molecule has 27 heavy (non-hydrogen) atoms. The number of aliphatic hydroxyl groups excluding tert-OH is 3. The summed E-state index contributed by atoms with van der Waals surface area (Å²) in [5.74, 6) is -4.12. The third-order valence-electron chi connectivity index (χ3n) is 4.76. The molecule has 158 valence electrons. The van der Waals surface area contributed by atoms with Gasteiger partial charge in [0.2, 0.25) is 5.79 Å². The molecule has 0 amide bonds. The van der Waals surface area contributed by atoms with Crippen LogP contribution < -0.4 is 5.73 Å². The van der Waals surface area contributed by atoms with Crippen molar-refractivity contribution in [2.45, 2.75) is 83.2 Å². The van der Waals surface area contributed by atoms with E-state index in [0.29, 0.717) is 6.42 Å². The standard InChI is InChI=1S/C18H33NO8/c1-9(2)5-13(19)17(24)26-8-12(22)6-15-16(10(3)20)14(23)7-18(25,27-15)11(4)21/h9-10,12-16,20,22-23,25H,5-8,19H2,1-4H3/t10?,12-,13-,14?,15?,16?,18?/m0/s1. The molecule has 0 aliphatic carbocycles. The van der Waals surface area contributed by atoms with E-state index in [0.717, 1.165) is 6.92 Å². The molecule has 7 atom stereocenters. The zero-order chi connectivity index (χ0) is 20.9. The van der Waals surface area contributed by atoms with Crippen molar-refractivity contribution in [2.75, 3.05) is 6.61 Å². The minimum Gasteiger partial charge on any atom is -0.462 e. The number of hydrogen-bond acceptors (Lipinski definition) is 9. The molecule has 1 rings (SSSR count). The Hall–Kier alpha value is -1.10. The van der Waals surface area contributed by atoms with Gasteiger partial charge in [-0.25, -0.2) is 0 Å². The van der Waals surface area contributed by atoms with Gasteiger partial charge in [0.15, 0.2) is 5.78 Å². The van der Waals surface area contributed by atoms with Gasteiger partial charge in [-0.15, -0.1) is 0 Å². The molecule has 0 saturated carbocycles. The summed E-state index contributed by atoms with van der Waals surface area (Å²) in [5.41, 5.74) is 5.72. The van der Waals surface area contributed by atoms with Gasteiger partial charge in [0.25, 0.3) is 0 Å². The molecule has 6 N–H and O–H groups in total. The van der Waals surface area contributed by atoms with Crippen molar-refractivity contribution >= 4 is 11.8 Å². The molecule has 0 bridgehead atoms. The highest BCUT2D eigenvalue weighted by atomic mass is 16.6. The summed E-state index contributed by atoms with van der Waals surface area (Å²) in [6, 6.07) is -0.794. The highest BCUT2D eigenvalue weighted by Crippen LogP contribution is 2.36. The van der Waals surface area contributed by atoms with Gasteiger partial charge < -0.3 is 35.6 Å². The van der Waals surface area contributed by atoms with Crippen molar-refractivity contribution in [2.24, 2.45) is 17.6 Å². The Morgan fingerprint density at radius 1 is 1.30 bits per heavy atom. The lowest BCUT2D eigenvalue weighted by Crippen LogP contribution is -2.58. The van der Waals surface area contributed by atoms with Gasteiger partial charge in [-0.3, -0.25) is 9.59 Å². The van der Waals surface area contributed by atoms with Crippen molar-refractivity contribution < 1.29 is 39.5 Å². The number of rotatable bonds is 9. The Bertz CT molecular complexity index is 512. The number of ketones is 1. The summed E-state index contributed by atoms with van der Waals surface area (Å²) in [6.45, 7) is 6.05. The Morgan fingerprint density at radius 2 is 1.89 bits per heavy atom. The summed E-state index contributed by atoms with van der Waals surface area (Å²) >= 11 is 0. The Morgan fingerprint density at radius 3 is 2.37 bits per heavy atom. The molecule has 0 spiro atoms. The third kappa shape index (κ3) is 6.78. The molecule has 1 fully saturated rings. The van der Waals surface area contributed by atoms with Crippen LogP contribution in [0.15, 0.2) is 0 Å². The first-order valence-electron chi connectivity index (χ1n) is 9.25. The van der Waals surface area contributed by atoms with E-state index in [-0.39, 0.29) is 25.4 Å².